The zero-order valence-corrected chi connectivity index (χ0v) is 20.4. The predicted octanol–water partition coefficient (Wildman–Crippen LogP) is 3.42. The second-order valence-corrected chi connectivity index (χ2v) is 7.79. The third-order valence-electron chi connectivity index (χ3n) is 5.67. The van der Waals surface area contributed by atoms with Crippen LogP contribution in [-0.2, 0) is 16.1 Å². The van der Waals surface area contributed by atoms with Gasteiger partial charge in [-0.05, 0) is 30.2 Å². The number of guanidine groups is 1. The van der Waals surface area contributed by atoms with E-state index in [0.29, 0.717) is 24.9 Å². The van der Waals surface area contributed by atoms with Gasteiger partial charge in [0.15, 0.2) is 5.96 Å². The first-order chi connectivity index (χ1) is 13.6. The molecule has 1 aromatic carbocycles. The van der Waals surface area contributed by atoms with Crippen molar-refractivity contribution in [3.8, 4) is 0 Å². The van der Waals surface area contributed by atoms with E-state index in [0.717, 1.165) is 31.1 Å². The van der Waals surface area contributed by atoms with Gasteiger partial charge in [-0.2, -0.15) is 0 Å². The van der Waals surface area contributed by atoms with Gasteiger partial charge in [-0.3, -0.25) is 9.79 Å². The molecule has 2 rings (SSSR count). The van der Waals surface area contributed by atoms with Crippen LogP contribution in [0.4, 0.5) is 0 Å². The zero-order valence-electron chi connectivity index (χ0n) is 18.1. The highest BCUT2D eigenvalue weighted by Gasteiger charge is 2.33. The van der Waals surface area contributed by atoms with Crippen LogP contribution in [0.25, 0.3) is 0 Å². The topological polar surface area (TPSA) is 66.0 Å². The first kappa shape index (κ1) is 25.7. The number of amides is 1. The summed E-state index contributed by atoms with van der Waals surface area (Å²) in [5, 5.41) is 6.74. The number of hydrogen-bond acceptors (Lipinski definition) is 3. The SMILES string of the molecule is CN=C(NCCC(=O)N(C)Cc1ccccc1)NCC1(CCOC)CCCC1.I. The number of rotatable bonds is 10. The van der Waals surface area contributed by atoms with Gasteiger partial charge in [0.05, 0.1) is 0 Å². The maximum absolute atomic E-state index is 12.4. The summed E-state index contributed by atoms with van der Waals surface area (Å²) in [4.78, 5) is 18.4. The van der Waals surface area contributed by atoms with Crippen LogP contribution in [-0.4, -0.2) is 57.7 Å². The fraction of sp³-hybridized carbons (Fsp3) is 0.636. The molecule has 1 saturated carbocycles. The van der Waals surface area contributed by atoms with Crippen molar-refractivity contribution in [3.05, 3.63) is 35.9 Å². The Bertz CT molecular complexity index is 618. The fourth-order valence-corrected chi connectivity index (χ4v) is 3.87. The van der Waals surface area contributed by atoms with Crippen LogP contribution in [0.5, 0.6) is 0 Å². The molecule has 0 bridgehead atoms. The van der Waals surface area contributed by atoms with Gasteiger partial charge in [0, 0.05) is 53.9 Å². The average Bonchev–Trinajstić information content (AvgIpc) is 3.18. The van der Waals surface area contributed by atoms with Crippen LogP contribution >= 0.6 is 24.0 Å². The number of hydrogen-bond donors (Lipinski definition) is 2. The first-order valence-corrected chi connectivity index (χ1v) is 10.3. The number of carbonyl (C=O) groups is 1. The highest BCUT2D eigenvalue weighted by molar-refractivity contribution is 14.0. The lowest BCUT2D eigenvalue weighted by atomic mass is 9.83. The first-order valence-electron chi connectivity index (χ1n) is 10.3. The number of nitrogens with one attached hydrogen (secondary N) is 2. The van der Waals surface area contributed by atoms with Crippen molar-refractivity contribution in [2.75, 3.05) is 40.9 Å². The molecule has 0 heterocycles. The largest absolute Gasteiger partial charge is 0.385 e. The molecule has 1 fully saturated rings. The third kappa shape index (κ3) is 8.90. The number of aliphatic imine (C=N–C) groups is 1. The van der Waals surface area contributed by atoms with Crippen LogP contribution in [0.15, 0.2) is 35.3 Å². The summed E-state index contributed by atoms with van der Waals surface area (Å²) in [6.07, 6.45) is 6.58. The van der Waals surface area contributed by atoms with Crippen LogP contribution in [0, 0.1) is 5.41 Å². The van der Waals surface area contributed by atoms with Crippen LogP contribution in [0.2, 0.25) is 0 Å². The molecule has 1 aliphatic rings. The molecule has 1 aliphatic carbocycles. The quantitative estimate of drug-likeness (QED) is 0.284. The molecule has 29 heavy (non-hydrogen) atoms. The summed E-state index contributed by atoms with van der Waals surface area (Å²) >= 11 is 0. The van der Waals surface area contributed by atoms with E-state index in [2.05, 4.69) is 15.6 Å². The number of ether oxygens (including phenoxy) is 1. The Hall–Kier alpha value is -1.35. The van der Waals surface area contributed by atoms with Crippen molar-refractivity contribution in [2.24, 2.45) is 10.4 Å². The van der Waals surface area contributed by atoms with Crippen molar-refractivity contribution in [1.82, 2.24) is 15.5 Å². The minimum absolute atomic E-state index is 0. The molecule has 0 spiro atoms. The van der Waals surface area contributed by atoms with Gasteiger partial charge in [0.2, 0.25) is 5.91 Å². The van der Waals surface area contributed by atoms with Crippen LogP contribution in [0.3, 0.4) is 0 Å². The Morgan fingerprint density at radius 1 is 1.21 bits per heavy atom. The second kappa shape index (κ2) is 13.8. The Morgan fingerprint density at radius 2 is 1.90 bits per heavy atom. The predicted molar refractivity (Wildman–Crippen MR) is 130 cm³/mol. The molecular formula is C22H37IN4O2. The lowest BCUT2D eigenvalue weighted by Gasteiger charge is -2.30. The summed E-state index contributed by atoms with van der Waals surface area (Å²) < 4.78 is 5.30. The summed E-state index contributed by atoms with van der Waals surface area (Å²) in [5.74, 6) is 0.890. The summed E-state index contributed by atoms with van der Waals surface area (Å²) in [7, 11) is 5.39. The molecule has 1 amide bonds. The Balaban J connectivity index is 0.00000420. The van der Waals surface area contributed by atoms with E-state index in [1.54, 1.807) is 19.1 Å². The van der Waals surface area contributed by atoms with Gasteiger partial charge < -0.3 is 20.3 Å². The van der Waals surface area contributed by atoms with Gasteiger partial charge >= 0.3 is 0 Å². The molecule has 0 aromatic heterocycles. The van der Waals surface area contributed by atoms with Crippen molar-refractivity contribution in [2.45, 2.75) is 45.1 Å². The maximum Gasteiger partial charge on any atom is 0.224 e. The van der Waals surface area contributed by atoms with Gasteiger partial charge in [0.1, 0.15) is 0 Å². The lowest BCUT2D eigenvalue weighted by Crippen LogP contribution is -2.44. The van der Waals surface area contributed by atoms with E-state index in [4.69, 9.17) is 4.74 Å². The van der Waals surface area contributed by atoms with E-state index in [1.807, 2.05) is 37.4 Å². The molecule has 7 heteroatoms. The maximum atomic E-state index is 12.4. The molecule has 164 valence electrons. The highest BCUT2D eigenvalue weighted by atomic mass is 127. The average molecular weight is 516 g/mol. The standard InChI is InChI=1S/C22H36N4O2.HI/c1-23-21(25-18-22(14-16-28-3)12-7-8-13-22)24-15-11-20(27)26(2)17-19-9-5-4-6-10-19;/h4-6,9-10H,7-8,11-18H2,1-3H3,(H2,23,24,25);1H. The number of carbonyl (C=O) groups excluding carboxylic acids is 1. The monoisotopic (exact) mass is 516 g/mol. The zero-order chi connectivity index (χ0) is 20.2. The van der Waals surface area contributed by atoms with Gasteiger partial charge in [-0.25, -0.2) is 0 Å². The minimum atomic E-state index is 0. The van der Waals surface area contributed by atoms with E-state index >= 15 is 0 Å². The van der Waals surface area contributed by atoms with Crippen molar-refractivity contribution < 1.29 is 9.53 Å². The molecule has 0 aliphatic heterocycles. The summed E-state index contributed by atoms with van der Waals surface area (Å²) in [5.41, 5.74) is 1.45. The van der Waals surface area contributed by atoms with Gasteiger partial charge in [0.25, 0.3) is 0 Å². The lowest BCUT2D eigenvalue weighted by molar-refractivity contribution is -0.130. The molecular weight excluding hydrogens is 479 g/mol. The minimum Gasteiger partial charge on any atom is -0.385 e. The Kier molecular flexibility index (Phi) is 12.2. The normalized spacial score (nSPS) is 15.5. The fourth-order valence-electron chi connectivity index (χ4n) is 3.87. The number of methoxy groups -OCH3 is 1. The van der Waals surface area contributed by atoms with Crippen molar-refractivity contribution in [3.63, 3.8) is 0 Å². The number of nitrogens with zero attached hydrogens (tertiary/aromatic N) is 2. The number of halogens is 1. The third-order valence-corrected chi connectivity index (χ3v) is 5.67. The molecule has 0 saturated heterocycles. The Morgan fingerprint density at radius 3 is 2.52 bits per heavy atom. The summed E-state index contributed by atoms with van der Waals surface area (Å²) in [6.45, 7) is 2.91. The van der Waals surface area contributed by atoms with E-state index in [1.165, 1.54) is 25.7 Å². The molecule has 0 radical (unpaired) electrons. The van der Waals surface area contributed by atoms with Gasteiger partial charge in [-0.1, -0.05) is 43.2 Å². The van der Waals surface area contributed by atoms with Crippen LogP contribution < -0.4 is 10.6 Å². The Labute approximate surface area is 192 Å². The molecule has 2 N–H and O–H groups in total. The van der Waals surface area contributed by atoms with Crippen molar-refractivity contribution in [1.29, 1.82) is 0 Å². The molecule has 0 unspecified atom stereocenters. The molecule has 6 nitrogen and oxygen atoms in total. The summed E-state index contributed by atoms with van der Waals surface area (Å²) in [6, 6.07) is 10.1. The van der Waals surface area contributed by atoms with E-state index in [-0.39, 0.29) is 29.9 Å². The smallest absolute Gasteiger partial charge is 0.224 e. The molecule has 0 atom stereocenters. The van der Waals surface area contributed by atoms with E-state index in [9.17, 15) is 4.79 Å². The molecule has 1 aromatic rings. The van der Waals surface area contributed by atoms with Crippen molar-refractivity contribution >= 4 is 35.8 Å². The van der Waals surface area contributed by atoms with E-state index < -0.39 is 0 Å². The second-order valence-electron chi connectivity index (χ2n) is 7.79. The number of benzene rings is 1. The highest BCUT2D eigenvalue weighted by Crippen LogP contribution is 2.40. The van der Waals surface area contributed by atoms with Gasteiger partial charge in [-0.15, -0.1) is 24.0 Å². The van der Waals surface area contributed by atoms with Crippen LogP contribution in [0.1, 0.15) is 44.1 Å².